The number of carbonyl (C=O) groups excluding carboxylic acids is 1. The zero-order valence-corrected chi connectivity index (χ0v) is 10.0. The predicted octanol–water partition coefficient (Wildman–Crippen LogP) is 2.84. The number of pyridine rings is 1. The number of nitrogens with zero attached hydrogens (tertiary/aromatic N) is 1. The Morgan fingerprint density at radius 2 is 1.85 bits per heavy atom. The molecule has 0 aromatic carbocycles. The molecule has 0 radical (unpaired) electrons. The van der Waals surface area contributed by atoms with Gasteiger partial charge in [0.05, 0.1) is 0 Å². The fraction of sp³-hybridized carbons (Fsp3) is 0.333. The lowest BCUT2D eigenvalue weighted by Gasteiger charge is -2.16. The van der Waals surface area contributed by atoms with Crippen molar-refractivity contribution in [2.45, 2.75) is 19.1 Å². The van der Waals surface area contributed by atoms with E-state index in [9.17, 15) is 31.1 Å². The Bertz CT molecular complexity index is 528. The van der Waals surface area contributed by atoms with Crippen LogP contribution in [0.2, 0.25) is 0 Å². The first-order valence-electron chi connectivity index (χ1n) is 4.72. The van der Waals surface area contributed by atoms with E-state index in [1.165, 1.54) is 0 Å². The molecule has 0 aliphatic rings. The highest BCUT2D eigenvalue weighted by Gasteiger charge is 2.38. The van der Waals surface area contributed by atoms with Crippen LogP contribution in [0.25, 0.3) is 0 Å². The summed E-state index contributed by atoms with van der Waals surface area (Å²) in [7, 11) is 0. The van der Waals surface area contributed by atoms with Crippen molar-refractivity contribution in [2.75, 3.05) is 0 Å². The minimum Gasteiger partial charge on any atom is -0.387 e. The number of halogens is 7. The van der Waals surface area contributed by atoms with Crippen molar-refractivity contribution in [1.82, 2.24) is 4.98 Å². The Morgan fingerprint density at radius 1 is 1.30 bits per heavy atom. The summed E-state index contributed by atoms with van der Waals surface area (Å²) in [5, 5.41) is -1.41. The van der Waals surface area contributed by atoms with E-state index in [-0.39, 0.29) is 6.07 Å². The van der Waals surface area contributed by atoms with E-state index in [0.29, 0.717) is 0 Å². The lowest BCUT2D eigenvalue weighted by molar-refractivity contribution is -0.276. The molecule has 4 nitrogen and oxygen atoms in total. The molecule has 0 fully saturated rings. The SMILES string of the molecule is NCc1c(C(=O)Cl)cc(C(F)(F)F)nc1OC(F)(F)F. The van der Waals surface area contributed by atoms with Gasteiger partial charge in [-0.3, -0.25) is 4.79 Å². The quantitative estimate of drug-likeness (QED) is 0.686. The Morgan fingerprint density at radius 3 is 2.20 bits per heavy atom. The smallest absolute Gasteiger partial charge is 0.387 e. The summed E-state index contributed by atoms with van der Waals surface area (Å²) in [6.45, 7) is -0.718. The van der Waals surface area contributed by atoms with Gasteiger partial charge in [0.1, 0.15) is 5.69 Å². The van der Waals surface area contributed by atoms with E-state index in [4.69, 9.17) is 17.3 Å². The molecule has 1 aromatic rings. The molecule has 0 unspecified atom stereocenters. The Hall–Kier alpha value is -1.55. The van der Waals surface area contributed by atoms with Crippen molar-refractivity contribution >= 4 is 16.8 Å². The third kappa shape index (κ3) is 3.97. The van der Waals surface area contributed by atoms with Gasteiger partial charge in [-0.15, -0.1) is 13.2 Å². The van der Waals surface area contributed by atoms with Crippen LogP contribution in [0.4, 0.5) is 26.3 Å². The number of hydrogen-bond donors (Lipinski definition) is 1. The number of carbonyl (C=O) groups is 1. The second-order valence-electron chi connectivity index (χ2n) is 3.36. The normalized spacial score (nSPS) is 12.4. The molecule has 0 saturated heterocycles. The number of hydrogen-bond acceptors (Lipinski definition) is 4. The number of rotatable bonds is 3. The zero-order valence-electron chi connectivity index (χ0n) is 9.27. The van der Waals surface area contributed by atoms with E-state index in [0.717, 1.165) is 0 Å². The highest BCUT2D eigenvalue weighted by Crippen LogP contribution is 2.34. The zero-order chi connectivity index (χ0) is 15.7. The summed E-state index contributed by atoms with van der Waals surface area (Å²) in [6.07, 6.45) is -10.4. The summed E-state index contributed by atoms with van der Waals surface area (Å²) >= 11 is 5.03. The van der Waals surface area contributed by atoms with Gasteiger partial charge in [0.15, 0.2) is 0 Å². The van der Waals surface area contributed by atoms with Crippen molar-refractivity contribution in [2.24, 2.45) is 5.73 Å². The third-order valence-electron chi connectivity index (χ3n) is 2.01. The van der Waals surface area contributed by atoms with Crippen molar-refractivity contribution in [3.05, 3.63) is 22.9 Å². The van der Waals surface area contributed by atoms with Crippen molar-refractivity contribution in [3.63, 3.8) is 0 Å². The van der Waals surface area contributed by atoms with Crippen molar-refractivity contribution < 1.29 is 35.9 Å². The van der Waals surface area contributed by atoms with Crippen LogP contribution in [0, 0.1) is 0 Å². The second kappa shape index (κ2) is 5.44. The van der Waals surface area contributed by atoms with E-state index >= 15 is 0 Å². The topological polar surface area (TPSA) is 65.2 Å². The van der Waals surface area contributed by atoms with Gasteiger partial charge >= 0.3 is 12.5 Å². The molecule has 1 heterocycles. The molecule has 0 saturated carbocycles. The predicted molar refractivity (Wildman–Crippen MR) is 54.0 cm³/mol. The number of ether oxygens (including phenoxy) is 1. The van der Waals surface area contributed by atoms with Crippen LogP contribution in [0.1, 0.15) is 21.6 Å². The van der Waals surface area contributed by atoms with Crippen LogP contribution >= 0.6 is 11.6 Å². The summed E-state index contributed by atoms with van der Waals surface area (Å²) in [6, 6.07) is 0.209. The van der Waals surface area contributed by atoms with Gasteiger partial charge in [-0.1, -0.05) is 0 Å². The molecule has 0 amide bonds. The lowest BCUT2D eigenvalue weighted by Crippen LogP contribution is -2.22. The third-order valence-corrected chi connectivity index (χ3v) is 2.21. The van der Waals surface area contributed by atoms with Gasteiger partial charge in [-0.05, 0) is 17.7 Å². The number of nitrogens with two attached hydrogens (primary N) is 1. The maximum absolute atomic E-state index is 12.5. The van der Waals surface area contributed by atoms with Crippen molar-refractivity contribution in [3.8, 4) is 5.88 Å². The molecule has 0 spiro atoms. The number of aromatic nitrogens is 1. The molecule has 1 rings (SSSR count). The molecule has 112 valence electrons. The van der Waals surface area contributed by atoms with E-state index in [2.05, 4.69) is 9.72 Å². The van der Waals surface area contributed by atoms with Gasteiger partial charge in [-0.2, -0.15) is 13.2 Å². The fourth-order valence-electron chi connectivity index (χ4n) is 1.26. The molecule has 11 heteroatoms. The van der Waals surface area contributed by atoms with Gasteiger partial charge in [-0.25, -0.2) is 4.98 Å². The molecule has 0 bridgehead atoms. The highest BCUT2D eigenvalue weighted by molar-refractivity contribution is 6.68. The molecular formula is C9H5ClF6N2O2. The first kappa shape index (κ1) is 16.5. The highest BCUT2D eigenvalue weighted by atomic mass is 35.5. The van der Waals surface area contributed by atoms with Crippen LogP contribution < -0.4 is 10.5 Å². The molecular weight excluding hydrogens is 318 g/mol. The first-order valence-corrected chi connectivity index (χ1v) is 5.10. The maximum atomic E-state index is 12.5. The first-order chi connectivity index (χ1) is 8.95. The molecule has 20 heavy (non-hydrogen) atoms. The monoisotopic (exact) mass is 322 g/mol. The standard InChI is InChI=1S/C9H5ClF6N2O2/c10-6(19)3-1-5(8(11,12)13)18-7(4(3)2-17)20-9(14,15)16/h1H,2,17H2. The van der Waals surface area contributed by atoms with Crippen LogP contribution in [-0.2, 0) is 12.7 Å². The van der Waals surface area contributed by atoms with E-state index in [1.54, 1.807) is 0 Å². The molecule has 0 aliphatic carbocycles. The summed E-state index contributed by atoms with van der Waals surface area (Å²) in [5.41, 5.74) is 1.81. The Kier molecular flexibility index (Phi) is 4.49. The second-order valence-corrected chi connectivity index (χ2v) is 3.71. The van der Waals surface area contributed by atoms with Crippen molar-refractivity contribution in [1.29, 1.82) is 0 Å². The van der Waals surface area contributed by atoms with E-state index in [1.807, 2.05) is 0 Å². The Labute approximate surface area is 112 Å². The van der Waals surface area contributed by atoms with Crippen LogP contribution in [0.5, 0.6) is 5.88 Å². The van der Waals surface area contributed by atoms with Gasteiger partial charge in [0.25, 0.3) is 5.24 Å². The summed E-state index contributed by atoms with van der Waals surface area (Å²) in [5.74, 6) is -1.46. The maximum Gasteiger partial charge on any atom is 0.574 e. The molecule has 1 aromatic heterocycles. The Balaban J connectivity index is 3.54. The van der Waals surface area contributed by atoms with Gasteiger partial charge < -0.3 is 10.5 Å². The van der Waals surface area contributed by atoms with Crippen LogP contribution in [-0.4, -0.2) is 16.6 Å². The minimum atomic E-state index is -5.30. The molecule has 0 aliphatic heterocycles. The fourth-order valence-corrected chi connectivity index (χ4v) is 1.43. The molecule has 0 atom stereocenters. The van der Waals surface area contributed by atoms with Gasteiger partial charge in [0, 0.05) is 17.7 Å². The lowest BCUT2D eigenvalue weighted by atomic mass is 10.1. The molecule has 2 N–H and O–H groups in total. The van der Waals surface area contributed by atoms with E-state index < -0.39 is 47.0 Å². The average molecular weight is 323 g/mol. The van der Waals surface area contributed by atoms with Gasteiger partial charge in [0.2, 0.25) is 5.88 Å². The summed E-state index contributed by atoms with van der Waals surface area (Å²) < 4.78 is 77.2. The van der Waals surface area contributed by atoms with Crippen LogP contribution in [0.15, 0.2) is 6.07 Å². The number of alkyl halides is 6. The summed E-state index contributed by atoms with van der Waals surface area (Å²) in [4.78, 5) is 13.7. The van der Waals surface area contributed by atoms with Crippen LogP contribution in [0.3, 0.4) is 0 Å². The minimum absolute atomic E-state index is 0.209. The average Bonchev–Trinajstić information content (AvgIpc) is 2.24. The largest absolute Gasteiger partial charge is 0.574 e.